The molecule has 1 aliphatic rings. The molecule has 0 bridgehead atoms. The quantitative estimate of drug-likeness (QED) is 0.847. The minimum absolute atomic E-state index is 0.723. The van der Waals surface area contributed by atoms with Crippen molar-refractivity contribution >= 4 is 27.3 Å². The Morgan fingerprint density at radius 2 is 2.33 bits per heavy atom. The van der Waals surface area contributed by atoms with Gasteiger partial charge in [-0.15, -0.1) is 21.5 Å². The Kier molecular flexibility index (Phi) is 3.50. The highest BCUT2D eigenvalue weighted by molar-refractivity contribution is 9.11. The second-order valence-corrected chi connectivity index (χ2v) is 7.04. The van der Waals surface area contributed by atoms with Crippen LogP contribution in [0.4, 0.5) is 0 Å². The Labute approximate surface area is 119 Å². The molecule has 0 saturated heterocycles. The van der Waals surface area contributed by atoms with Gasteiger partial charge in [0.05, 0.1) is 10.3 Å². The molecular weight excluding hydrogens is 312 g/mol. The Hall–Kier alpha value is -0.720. The largest absolute Gasteiger partial charge is 0.320 e. The maximum Gasteiger partial charge on any atom is 0.146 e. The van der Waals surface area contributed by atoms with Crippen LogP contribution in [0.25, 0.3) is 0 Å². The normalized spacial score (nSPS) is 15.5. The summed E-state index contributed by atoms with van der Waals surface area (Å²) in [4.78, 5) is 2.50. The topological polar surface area (TPSA) is 34.0 Å². The van der Waals surface area contributed by atoms with Gasteiger partial charge in [0.2, 0.25) is 0 Å². The molecule has 0 atom stereocenters. The second-order valence-electron chi connectivity index (χ2n) is 4.75. The molecule has 2 heterocycles. The molecule has 0 aromatic carbocycles. The van der Waals surface area contributed by atoms with Gasteiger partial charge in [-0.3, -0.25) is 4.90 Å². The van der Waals surface area contributed by atoms with E-state index in [1.54, 1.807) is 17.7 Å². The van der Waals surface area contributed by atoms with E-state index in [1.165, 1.54) is 22.2 Å². The summed E-state index contributed by atoms with van der Waals surface area (Å²) in [7, 11) is 2.00. The Morgan fingerprint density at radius 3 is 2.89 bits per heavy atom. The second kappa shape index (κ2) is 5.11. The molecule has 0 spiro atoms. The van der Waals surface area contributed by atoms with Crippen LogP contribution in [0, 0.1) is 0 Å². The molecule has 0 radical (unpaired) electrons. The first-order valence-electron chi connectivity index (χ1n) is 6.02. The lowest BCUT2D eigenvalue weighted by Gasteiger charge is -2.20. The molecule has 1 saturated carbocycles. The number of hydrogen-bond acceptors (Lipinski definition) is 4. The summed E-state index contributed by atoms with van der Waals surface area (Å²) in [5.41, 5.74) is 1.38. The average Bonchev–Trinajstić information content (AvgIpc) is 3.00. The molecule has 3 rings (SSSR count). The first-order chi connectivity index (χ1) is 8.72. The third-order valence-corrected chi connectivity index (χ3v) is 4.77. The van der Waals surface area contributed by atoms with Gasteiger partial charge < -0.3 is 4.57 Å². The average molecular weight is 327 g/mol. The number of hydrogen-bond donors (Lipinski definition) is 0. The lowest BCUT2D eigenvalue weighted by atomic mass is 10.3. The number of thiophene rings is 1. The van der Waals surface area contributed by atoms with Crippen molar-refractivity contribution in [3.05, 3.63) is 32.9 Å². The molecule has 2 aromatic heterocycles. The number of halogens is 1. The van der Waals surface area contributed by atoms with Gasteiger partial charge in [-0.1, -0.05) is 0 Å². The van der Waals surface area contributed by atoms with E-state index in [2.05, 4.69) is 42.5 Å². The highest BCUT2D eigenvalue weighted by Gasteiger charge is 2.30. The Balaban J connectivity index is 1.71. The van der Waals surface area contributed by atoms with Crippen LogP contribution in [0.2, 0.25) is 0 Å². The molecule has 96 valence electrons. The van der Waals surface area contributed by atoms with E-state index in [9.17, 15) is 0 Å². The maximum absolute atomic E-state index is 4.18. The molecule has 0 unspecified atom stereocenters. The molecule has 0 amide bonds. The van der Waals surface area contributed by atoms with Crippen LogP contribution >= 0.6 is 27.3 Å². The highest BCUT2D eigenvalue weighted by Crippen LogP contribution is 2.31. The van der Waals surface area contributed by atoms with Gasteiger partial charge in [0, 0.05) is 19.6 Å². The Morgan fingerprint density at radius 1 is 1.50 bits per heavy atom. The third kappa shape index (κ3) is 2.81. The summed E-state index contributed by atoms with van der Waals surface area (Å²) in [5, 5.41) is 10.3. The zero-order valence-electron chi connectivity index (χ0n) is 10.2. The molecule has 2 aromatic rings. The van der Waals surface area contributed by atoms with Crippen molar-refractivity contribution in [2.75, 3.05) is 0 Å². The number of aromatic nitrogens is 3. The van der Waals surface area contributed by atoms with Gasteiger partial charge in [-0.05, 0) is 45.8 Å². The zero-order chi connectivity index (χ0) is 12.5. The molecule has 18 heavy (non-hydrogen) atoms. The number of nitrogens with zero attached hydrogens (tertiary/aromatic N) is 4. The molecule has 4 nitrogen and oxygen atoms in total. The molecule has 6 heteroatoms. The van der Waals surface area contributed by atoms with E-state index in [0.29, 0.717) is 0 Å². The van der Waals surface area contributed by atoms with E-state index in [0.717, 1.165) is 25.0 Å². The van der Waals surface area contributed by atoms with Crippen molar-refractivity contribution in [2.45, 2.75) is 32.0 Å². The number of aryl methyl sites for hydroxylation is 1. The molecular formula is C12H15BrN4S. The van der Waals surface area contributed by atoms with Crippen LogP contribution in [0.5, 0.6) is 0 Å². The first-order valence-corrected chi connectivity index (χ1v) is 7.69. The minimum Gasteiger partial charge on any atom is -0.320 e. The van der Waals surface area contributed by atoms with Gasteiger partial charge in [0.15, 0.2) is 0 Å². The first kappa shape index (κ1) is 12.3. The van der Waals surface area contributed by atoms with Gasteiger partial charge in [-0.2, -0.15) is 0 Å². The molecule has 1 fully saturated rings. The van der Waals surface area contributed by atoms with Crippen LogP contribution in [0.1, 0.15) is 24.2 Å². The predicted octanol–water partition coefficient (Wildman–Crippen LogP) is 2.80. The molecule has 0 N–H and O–H groups in total. The lowest BCUT2D eigenvalue weighted by Crippen LogP contribution is -2.26. The fourth-order valence-corrected chi connectivity index (χ4v) is 3.25. The van der Waals surface area contributed by atoms with Gasteiger partial charge >= 0.3 is 0 Å². The van der Waals surface area contributed by atoms with Crippen molar-refractivity contribution in [2.24, 2.45) is 7.05 Å². The third-order valence-electron chi connectivity index (χ3n) is 3.22. The molecule has 0 aliphatic heterocycles. The fraction of sp³-hybridized carbons (Fsp3) is 0.500. The summed E-state index contributed by atoms with van der Waals surface area (Å²) < 4.78 is 3.20. The summed E-state index contributed by atoms with van der Waals surface area (Å²) in [6.45, 7) is 1.88. The lowest BCUT2D eigenvalue weighted by molar-refractivity contribution is 0.237. The predicted molar refractivity (Wildman–Crippen MR) is 75.3 cm³/mol. The van der Waals surface area contributed by atoms with Crippen molar-refractivity contribution in [3.8, 4) is 0 Å². The van der Waals surface area contributed by atoms with Crippen LogP contribution in [0.3, 0.4) is 0 Å². The standard InChI is InChI=1S/C12H15BrN4S/c1-16-8-14-15-12(16)6-17(10-2-3-10)5-9-4-11(13)18-7-9/h4,7-8,10H,2-3,5-6H2,1H3. The van der Waals surface area contributed by atoms with Gasteiger partial charge in [-0.25, -0.2) is 0 Å². The Bertz CT molecular complexity index is 532. The SMILES string of the molecule is Cn1cnnc1CN(Cc1csc(Br)c1)C1CC1. The minimum atomic E-state index is 0.723. The summed E-state index contributed by atoms with van der Waals surface area (Å²) in [6, 6.07) is 2.93. The van der Waals surface area contributed by atoms with E-state index in [-0.39, 0.29) is 0 Å². The fourth-order valence-electron chi connectivity index (χ4n) is 2.05. The van der Waals surface area contributed by atoms with E-state index in [1.807, 2.05) is 11.6 Å². The summed E-state index contributed by atoms with van der Waals surface area (Å²) >= 11 is 5.27. The number of rotatable bonds is 5. The van der Waals surface area contributed by atoms with Crippen LogP contribution in [-0.2, 0) is 20.1 Å². The van der Waals surface area contributed by atoms with Crippen molar-refractivity contribution < 1.29 is 0 Å². The zero-order valence-corrected chi connectivity index (χ0v) is 12.6. The van der Waals surface area contributed by atoms with Crippen LogP contribution in [-0.4, -0.2) is 25.7 Å². The monoisotopic (exact) mass is 326 g/mol. The van der Waals surface area contributed by atoms with E-state index < -0.39 is 0 Å². The van der Waals surface area contributed by atoms with E-state index >= 15 is 0 Å². The van der Waals surface area contributed by atoms with Crippen molar-refractivity contribution in [3.63, 3.8) is 0 Å². The summed E-state index contributed by atoms with van der Waals surface area (Å²) in [6.07, 6.45) is 4.38. The van der Waals surface area contributed by atoms with Crippen LogP contribution < -0.4 is 0 Å². The van der Waals surface area contributed by atoms with E-state index in [4.69, 9.17) is 0 Å². The smallest absolute Gasteiger partial charge is 0.146 e. The van der Waals surface area contributed by atoms with Crippen molar-refractivity contribution in [1.29, 1.82) is 0 Å². The molecule has 1 aliphatic carbocycles. The van der Waals surface area contributed by atoms with Gasteiger partial charge in [0.1, 0.15) is 12.2 Å². The van der Waals surface area contributed by atoms with Crippen LogP contribution in [0.15, 0.2) is 21.6 Å². The van der Waals surface area contributed by atoms with Crippen molar-refractivity contribution in [1.82, 2.24) is 19.7 Å². The van der Waals surface area contributed by atoms with Gasteiger partial charge in [0.25, 0.3) is 0 Å². The summed E-state index contributed by atoms with van der Waals surface area (Å²) in [5.74, 6) is 1.04. The maximum atomic E-state index is 4.18. The highest BCUT2D eigenvalue weighted by atomic mass is 79.9.